The summed E-state index contributed by atoms with van der Waals surface area (Å²) in [7, 11) is 0. The minimum absolute atomic E-state index is 0.0789. The average Bonchev–Trinajstić information content (AvgIpc) is 2.58. The molecule has 26 heavy (non-hydrogen) atoms. The predicted molar refractivity (Wildman–Crippen MR) is 95.5 cm³/mol. The summed E-state index contributed by atoms with van der Waals surface area (Å²) in [6, 6.07) is 12.5. The number of hydrogen-bond acceptors (Lipinski definition) is 3. The van der Waals surface area contributed by atoms with E-state index in [4.69, 9.17) is 5.73 Å². The lowest BCUT2D eigenvalue weighted by atomic mass is 9.81. The molecular weight excluding hydrogens is 338 g/mol. The van der Waals surface area contributed by atoms with Crippen LogP contribution in [0.2, 0.25) is 0 Å². The van der Waals surface area contributed by atoms with Crippen LogP contribution in [0.15, 0.2) is 71.6 Å². The number of anilines is 2. The highest BCUT2D eigenvalue weighted by atomic mass is 19.1. The van der Waals surface area contributed by atoms with E-state index in [9.17, 15) is 18.4 Å². The quantitative estimate of drug-likeness (QED) is 0.649. The topological polar surface area (TPSA) is 72.2 Å². The summed E-state index contributed by atoms with van der Waals surface area (Å²) in [4.78, 5) is 25.3. The lowest BCUT2D eigenvalue weighted by molar-refractivity contribution is -0.120. The van der Waals surface area contributed by atoms with Gasteiger partial charge in [-0.3, -0.25) is 9.59 Å². The van der Waals surface area contributed by atoms with Gasteiger partial charge in [0.05, 0.1) is 11.6 Å². The molecule has 1 aliphatic carbocycles. The maximum atomic E-state index is 14.4. The molecule has 0 saturated heterocycles. The number of halogens is 2. The highest BCUT2D eigenvalue weighted by Crippen LogP contribution is 2.35. The summed E-state index contributed by atoms with van der Waals surface area (Å²) >= 11 is 0. The van der Waals surface area contributed by atoms with E-state index in [1.165, 1.54) is 18.2 Å². The standard InChI is InChI=1S/C20H16F2N2O2/c1-11-9-15(22)18(19(25)17(11)12-5-3-2-4-6-12)20(26)24-13-7-8-16(23)14(21)10-13/h2-10,17H,23H2,1H3,(H,24,26). The molecule has 3 rings (SSSR count). The van der Waals surface area contributed by atoms with Crippen LogP contribution >= 0.6 is 0 Å². The van der Waals surface area contributed by atoms with Gasteiger partial charge in [-0.15, -0.1) is 0 Å². The van der Waals surface area contributed by atoms with E-state index in [1.54, 1.807) is 37.3 Å². The SMILES string of the molecule is CC1=CC(F)=C(C(=O)Nc2ccc(N)c(F)c2)C(=O)C1c1ccccc1. The molecule has 2 aromatic rings. The molecule has 0 spiro atoms. The van der Waals surface area contributed by atoms with Crippen LogP contribution in [0.4, 0.5) is 20.2 Å². The monoisotopic (exact) mass is 354 g/mol. The van der Waals surface area contributed by atoms with Crippen molar-refractivity contribution in [1.29, 1.82) is 0 Å². The van der Waals surface area contributed by atoms with Gasteiger partial charge < -0.3 is 11.1 Å². The van der Waals surface area contributed by atoms with E-state index in [0.29, 0.717) is 11.1 Å². The molecule has 1 atom stereocenters. The molecule has 3 N–H and O–H groups in total. The van der Waals surface area contributed by atoms with Gasteiger partial charge in [0.25, 0.3) is 5.91 Å². The molecule has 132 valence electrons. The fourth-order valence-corrected chi connectivity index (χ4v) is 2.90. The average molecular weight is 354 g/mol. The number of nitrogens with one attached hydrogen (secondary N) is 1. The number of Topliss-reactive ketones (excluding diaryl/α,β-unsaturated/α-hetero) is 1. The first kappa shape index (κ1) is 17.5. The highest BCUT2D eigenvalue weighted by molar-refractivity contribution is 6.27. The van der Waals surface area contributed by atoms with Gasteiger partial charge in [0, 0.05) is 5.69 Å². The Hall–Kier alpha value is -3.28. The van der Waals surface area contributed by atoms with Crippen LogP contribution in [0.1, 0.15) is 18.4 Å². The molecule has 1 amide bonds. The Morgan fingerprint density at radius 3 is 2.46 bits per heavy atom. The van der Waals surface area contributed by atoms with Gasteiger partial charge in [0.15, 0.2) is 5.78 Å². The predicted octanol–water partition coefficient (Wildman–Crippen LogP) is 3.88. The van der Waals surface area contributed by atoms with Crippen molar-refractivity contribution in [2.24, 2.45) is 0 Å². The number of benzene rings is 2. The fourth-order valence-electron chi connectivity index (χ4n) is 2.90. The zero-order valence-electron chi connectivity index (χ0n) is 13.9. The summed E-state index contributed by atoms with van der Waals surface area (Å²) in [5.74, 6) is -3.93. The van der Waals surface area contributed by atoms with Gasteiger partial charge in [-0.25, -0.2) is 8.78 Å². The Morgan fingerprint density at radius 1 is 1.12 bits per heavy atom. The van der Waals surface area contributed by atoms with Gasteiger partial charge in [-0.05, 0) is 36.8 Å². The van der Waals surface area contributed by atoms with E-state index < -0.39 is 34.8 Å². The van der Waals surface area contributed by atoms with Crippen molar-refractivity contribution in [2.45, 2.75) is 12.8 Å². The van der Waals surface area contributed by atoms with Crippen molar-refractivity contribution < 1.29 is 18.4 Å². The maximum absolute atomic E-state index is 14.4. The summed E-state index contributed by atoms with van der Waals surface area (Å²) in [6.45, 7) is 1.64. The van der Waals surface area contributed by atoms with Crippen LogP contribution in [0.25, 0.3) is 0 Å². The largest absolute Gasteiger partial charge is 0.396 e. The van der Waals surface area contributed by atoms with E-state index >= 15 is 0 Å². The molecule has 0 bridgehead atoms. The van der Waals surface area contributed by atoms with Crippen molar-refractivity contribution in [3.63, 3.8) is 0 Å². The third-order valence-electron chi connectivity index (χ3n) is 4.18. The molecule has 4 nitrogen and oxygen atoms in total. The molecule has 0 aliphatic heterocycles. The van der Waals surface area contributed by atoms with Crippen LogP contribution in [0, 0.1) is 5.82 Å². The Kier molecular flexibility index (Phi) is 4.67. The van der Waals surface area contributed by atoms with Crippen molar-refractivity contribution in [3.05, 3.63) is 83.0 Å². The summed E-state index contributed by atoms with van der Waals surface area (Å²) < 4.78 is 27.9. The summed E-state index contributed by atoms with van der Waals surface area (Å²) in [6.07, 6.45) is 1.18. The molecule has 6 heteroatoms. The van der Waals surface area contributed by atoms with E-state index in [0.717, 1.165) is 6.07 Å². The molecule has 1 aliphatic rings. The lowest BCUT2D eigenvalue weighted by Gasteiger charge is -2.22. The number of carbonyl (C=O) groups is 2. The normalized spacial score (nSPS) is 17.1. The third-order valence-corrected chi connectivity index (χ3v) is 4.18. The Morgan fingerprint density at radius 2 is 1.81 bits per heavy atom. The molecule has 1 unspecified atom stereocenters. The second-order valence-corrected chi connectivity index (χ2v) is 6.01. The van der Waals surface area contributed by atoms with Crippen molar-refractivity contribution in [2.75, 3.05) is 11.1 Å². The first-order valence-corrected chi connectivity index (χ1v) is 7.92. The summed E-state index contributed by atoms with van der Waals surface area (Å²) in [5, 5.41) is 2.34. The molecular formula is C20H16F2N2O2. The number of allylic oxidation sites excluding steroid dienone is 3. The molecule has 2 aromatic carbocycles. The molecule has 0 saturated carbocycles. The number of carbonyl (C=O) groups excluding carboxylic acids is 2. The first-order valence-electron chi connectivity index (χ1n) is 7.92. The van der Waals surface area contributed by atoms with Gasteiger partial charge in [0.2, 0.25) is 0 Å². The zero-order chi connectivity index (χ0) is 18.8. The van der Waals surface area contributed by atoms with Crippen LogP contribution in [-0.2, 0) is 9.59 Å². The number of nitrogen functional groups attached to an aromatic ring is 1. The third kappa shape index (κ3) is 3.26. The number of hydrogen-bond donors (Lipinski definition) is 2. The van der Waals surface area contributed by atoms with Gasteiger partial charge in [-0.2, -0.15) is 0 Å². The molecule has 0 fully saturated rings. The Balaban J connectivity index is 1.92. The van der Waals surface area contributed by atoms with E-state index in [2.05, 4.69) is 5.32 Å². The summed E-state index contributed by atoms with van der Waals surface area (Å²) in [5.41, 5.74) is 5.98. The van der Waals surface area contributed by atoms with Crippen molar-refractivity contribution in [3.8, 4) is 0 Å². The molecule has 0 aromatic heterocycles. The van der Waals surface area contributed by atoms with Crippen LogP contribution < -0.4 is 11.1 Å². The van der Waals surface area contributed by atoms with Gasteiger partial charge >= 0.3 is 0 Å². The second-order valence-electron chi connectivity index (χ2n) is 6.01. The molecule has 0 radical (unpaired) electrons. The Bertz CT molecular complexity index is 950. The van der Waals surface area contributed by atoms with Crippen LogP contribution in [0.3, 0.4) is 0 Å². The van der Waals surface area contributed by atoms with Crippen LogP contribution in [-0.4, -0.2) is 11.7 Å². The number of nitrogens with two attached hydrogens (primary N) is 1. The zero-order valence-corrected chi connectivity index (χ0v) is 13.9. The van der Waals surface area contributed by atoms with Crippen molar-refractivity contribution >= 4 is 23.1 Å². The minimum Gasteiger partial charge on any atom is -0.396 e. The molecule has 0 heterocycles. The van der Waals surface area contributed by atoms with E-state index in [1.807, 2.05) is 0 Å². The fraction of sp³-hybridized carbons (Fsp3) is 0.100. The van der Waals surface area contributed by atoms with Crippen molar-refractivity contribution in [1.82, 2.24) is 0 Å². The first-order chi connectivity index (χ1) is 12.4. The maximum Gasteiger partial charge on any atom is 0.262 e. The Labute approximate surface area is 149 Å². The minimum atomic E-state index is -0.929. The lowest BCUT2D eigenvalue weighted by Crippen LogP contribution is -2.28. The number of ketones is 1. The highest BCUT2D eigenvalue weighted by Gasteiger charge is 2.35. The number of amides is 1. The second kappa shape index (κ2) is 6.92. The number of rotatable bonds is 3. The van der Waals surface area contributed by atoms with Gasteiger partial charge in [0.1, 0.15) is 17.2 Å². The van der Waals surface area contributed by atoms with Crippen LogP contribution in [0.5, 0.6) is 0 Å². The van der Waals surface area contributed by atoms with E-state index in [-0.39, 0.29) is 11.4 Å². The smallest absolute Gasteiger partial charge is 0.262 e. The van der Waals surface area contributed by atoms with Gasteiger partial charge in [-0.1, -0.05) is 35.9 Å².